The van der Waals surface area contributed by atoms with Crippen LogP contribution in [0.1, 0.15) is 30.1 Å². The van der Waals surface area contributed by atoms with Crippen molar-refractivity contribution in [2.75, 3.05) is 5.84 Å². The van der Waals surface area contributed by atoms with Crippen LogP contribution in [0.2, 0.25) is 0 Å². The van der Waals surface area contributed by atoms with Crippen LogP contribution < -0.4 is 11.5 Å². The third kappa shape index (κ3) is 2.55. The van der Waals surface area contributed by atoms with Gasteiger partial charge in [0.2, 0.25) is 5.16 Å². The van der Waals surface area contributed by atoms with E-state index in [1.807, 2.05) is 30.3 Å². The Bertz CT molecular complexity index is 1190. The second-order valence-electron chi connectivity index (χ2n) is 6.52. The molecule has 5 rings (SSSR count). The fourth-order valence-corrected chi connectivity index (χ4v) is 4.13. The normalized spacial score (nSPS) is 14.3. The van der Waals surface area contributed by atoms with E-state index in [0.29, 0.717) is 22.4 Å². The largest absolute Gasteiger partial charge is 0.423 e. The van der Waals surface area contributed by atoms with E-state index >= 15 is 0 Å². The van der Waals surface area contributed by atoms with Gasteiger partial charge in [0.25, 0.3) is 0 Å². The van der Waals surface area contributed by atoms with E-state index in [1.54, 1.807) is 10.7 Å². The van der Waals surface area contributed by atoms with Crippen LogP contribution in [0.3, 0.4) is 0 Å². The van der Waals surface area contributed by atoms with Crippen LogP contribution in [-0.2, 0) is 5.75 Å². The standard InChI is InChI=1S/C19H16N4O2S/c20-23-18(12-5-6-12)21-22-19(23)26-10-13-9-16(24)25-15-8-7-11-3-1-2-4-14(11)17(13)15/h1-4,7-9,12H,5-6,10,20H2. The molecule has 0 unspecified atom stereocenters. The maximum Gasteiger partial charge on any atom is 0.336 e. The van der Waals surface area contributed by atoms with Crippen molar-refractivity contribution in [3.8, 4) is 0 Å². The molecule has 0 bridgehead atoms. The molecule has 0 aliphatic heterocycles. The first-order valence-electron chi connectivity index (χ1n) is 8.48. The lowest BCUT2D eigenvalue weighted by atomic mass is 10.0. The molecule has 6 nitrogen and oxygen atoms in total. The summed E-state index contributed by atoms with van der Waals surface area (Å²) in [5, 5.41) is 12.2. The summed E-state index contributed by atoms with van der Waals surface area (Å²) in [5.41, 5.74) is 1.16. The molecule has 0 saturated heterocycles. The zero-order valence-corrected chi connectivity index (χ0v) is 14.7. The highest BCUT2D eigenvalue weighted by Gasteiger charge is 2.29. The Morgan fingerprint density at radius 3 is 2.88 bits per heavy atom. The zero-order valence-electron chi connectivity index (χ0n) is 13.9. The predicted molar refractivity (Wildman–Crippen MR) is 102 cm³/mol. The van der Waals surface area contributed by atoms with Crippen molar-refractivity contribution in [1.29, 1.82) is 0 Å². The van der Waals surface area contributed by atoms with Crippen LogP contribution in [0.4, 0.5) is 0 Å². The van der Waals surface area contributed by atoms with E-state index in [-0.39, 0.29) is 5.63 Å². The van der Waals surface area contributed by atoms with Gasteiger partial charge in [0.1, 0.15) is 5.58 Å². The average molecular weight is 364 g/mol. The summed E-state index contributed by atoms with van der Waals surface area (Å²) >= 11 is 1.48. The second kappa shape index (κ2) is 5.88. The molecule has 1 aliphatic rings. The average Bonchev–Trinajstić information content (AvgIpc) is 3.42. The number of rotatable bonds is 4. The van der Waals surface area contributed by atoms with Crippen molar-refractivity contribution in [3.63, 3.8) is 0 Å². The van der Waals surface area contributed by atoms with Gasteiger partial charge in [-0.3, -0.25) is 0 Å². The molecule has 1 fully saturated rings. The van der Waals surface area contributed by atoms with E-state index in [9.17, 15) is 4.79 Å². The van der Waals surface area contributed by atoms with Gasteiger partial charge in [-0.05, 0) is 35.2 Å². The minimum atomic E-state index is -0.351. The van der Waals surface area contributed by atoms with Crippen LogP contribution in [0.5, 0.6) is 0 Å². The van der Waals surface area contributed by atoms with Gasteiger partial charge in [0.05, 0.1) is 0 Å². The smallest absolute Gasteiger partial charge is 0.336 e. The molecule has 0 spiro atoms. The van der Waals surface area contributed by atoms with Crippen LogP contribution in [-0.4, -0.2) is 14.9 Å². The summed E-state index contributed by atoms with van der Waals surface area (Å²) in [6.45, 7) is 0. The lowest BCUT2D eigenvalue weighted by Crippen LogP contribution is -2.13. The van der Waals surface area contributed by atoms with Gasteiger partial charge in [-0.1, -0.05) is 42.1 Å². The predicted octanol–water partition coefficient (Wildman–Crippen LogP) is 3.42. The molecule has 1 saturated carbocycles. The summed E-state index contributed by atoms with van der Waals surface area (Å²) in [7, 11) is 0. The van der Waals surface area contributed by atoms with Crippen molar-refractivity contribution >= 4 is 33.5 Å². The van der Waals surface area contributed by atoms with Crippen LogP contribution >= 0.6 is 11.8 Å². The number of nitrogens with zero attached hydrogens (tertiary/aromatic N) is 3. The van der Waals surface area contributed by atoms with Gasteiger partial charge in [-0.15, -0.1) is 10.2 Å². The molecule has 1 aliphatic carbocycles. The topological polar surface area (TPSA) is 86.9 Å². The molecule has 2 N–H and O–H groups in total. The quantitative estimate of drug-likeness (QED) is 0.258. The summed E-state index contributed by atoms with van der Waals surface area (Å²) in [6.07, 6.45) is 2.24. The van der Waals surface area contributed by atoms with Gasteiger partial charge in [0, 0.05) is 23.1 Å². The van der Waals surface area contributed by atoms with E-state index in [1.165, 1.54) is 11.8 Å². The maximum atomic E-state index is 12.0. The number of hydrogen-bond donors (Lipinski definition) is 1. The molecule has 2 heterocycles. The van der Waals surface area contributed by atoms with E-state index < -0.39 is 0 Å². The molecule has 7 heteroatoms. The Balaban J connectivity index is 1.57. The Morgan fingerprint density at radius 2 is 2.04 bits per heavy atom. The summed E-state index contributed by atoms with van der Waals surface area (Å²) < 4.78 is 6.98. The molecule has 0 amide bonds. The molecule has 4 aromatic rings. The number of fused-ring (bicyclic) bond motifs is 3. The van der Waals surface area contributed by atoms with E-state index in [2.05, 4.69) is 16.3 Å². The van der Waals surface area contributed by atoms with Crippen molar-refractivity contribution in [2.45, 2.75) is 29.7 Å². The Hall–Kier alpha value is -2.80. The highest BCUT2D eigenvalue weighted by atomic mass is 32.2. The van der Waals surface area contributed by atoms with Gasteiger partial charge in [-0.25, -0.2) is 9.47 Å². The maximum absolute atomic E-state index is 12.0. The minimum Gasteiger partial charge on any atom is -0.423 e. The first kappa shape index (κ1) is 15.5. The number of thioether (sulfide) groups is 1. The zero-order chi connectivity index (χ0) is 17.7. The van der Waals surface area contributed by atoms with Crippen molar-refractivity contribution in [3.05, 3.63) is 64.3 Å². The monoisotopic (exact) mass is 364 g/mol. The number of hydrogen-bond acceptors (Lipinski definition) is 6. The number of nitrogens with two attached hydrogens (primary N) is 1. The molecule has 0 atom stereocenters. The van der Waals surface area contributed by atoms with Gasteiger partial charge < -0.3 is 10.3 Å². The summed E-state index contributed by atoms with van der Waals surface area (Å²) in [5.74, 6) is 7.98. The number of nitrogen functional groups attached to an aromatic ring is 1. The molecule has 2 aromatic heterocycles. The number of benzene rings is 2. The molecule has 2 aromatic carbocycles. The molecule has 130 valence electrons. The SMILES string of the molecule is Nn1c(SCc2cc(=O)oc3ccc4ccccc4c23)nnc1C1CC1. The molecule has 0 radical (unpaired) electrons. The highest BCUT2D eigenvalue weighted by Crippen LogP contribution is 2.39. The Labute approximate surface area is 153 Å². The van der Waals surface area contributed by atoms with Gasteiger partial charge in [0.15, 0.2) is 5.82 Å². The van der Waals surface area contributed by atoms with Crippen LogP contribution in [0.25, 0.3) is 21.7 Å². The van der Waals surface area contributed by atoms with Crippen molar-refractivity contribution < 1.29 is 4.42 Å². The van der Waals surface area contributed by atoms with Crippen LogP contribution in [0, 0.1) is 0 Å². The minimum absolute atomic E-state index is 0.351. The van der Waals surface area contributed by atoms with E-state index in [0.717, 1.165) is 40.4 Å². The van der Waals surface area contributed by atoms with Crippen molar-refractivity contribution in [1.82, 2.24) is 14.9 Å². The van der Waals surface area contributed by atoms with Crippen LogP contribution in [0.15, 0.2) is 56.8 Å². The third-order valence-electron chi connectivity index (χ3n) is 4.70. The van der Waals surface area contributed by atoms with E-state index in [4.69, 9.17) is 10.3 Å². The molecular formula is C19H16N4O2S. The Kier molecular flexibility index (Phi) is 3.49. The second-order valence-corrected chi connectivity index (χ2v) is 7.47. The fourth-order valence-electron chi connectivity index (χ4n) is 3.28. The highest BCUT2D eigenvalue weighted by molar-refractivity contribution is 7.98. The summed E-state index contributed by atoms with van der Waals surface area (Å²) in [6, 6.07) is 13.5. The summed E-state index contributed by atoms with van der Waals surface area (Å²) in [4.78, 5) is 12.0. The lowest BCUT2D eigenvalue weighted by Gasteiger charge is -2.08. The first-order valence-corrected chi connectivity index (χ1v) is 9.47. The van der Waals surface area contributed by atoms with Crippen molar-refractivity contribution in [2.24, 2.45) is 0 Å². The third-order valence-corrected chi connectivity index (χ3v) is 5.70. The van der Waals surface area contributed by atoms with Gasteiger partial charge >= 0.3 is 5.63 Å². The van der Waals surface area contributed by atoms with Gasteiger partial charge in [-0.2, -0.15) is 0 Å². The molecular weight excluding hydrogens is 348 g/mol. The number of aromatic nitrogens is 3. The lowest BCUT2D eigenvalue weighted by molar-refractivity contribution is 0.560. The fraction of sp³-hybridized carbons (Fsp3) is 0.211. The first-order chi connectivity index (χ1) is 12.7. The Morgan fingerprint density at radius 1 is 1.19 bits per heavy atom. The molecule has 26 heavy (non-hydrogen) atoms.